The Bertz CT molecular complexity index is 746. The molecule has 4 heteroatoms. The van der Waals surface area contributed by atoms with Crippen LogP contribution in [-0.4, -0.2) is 34.5 Å². The first-order chi connectivity index (χ1) is 10.1. The van der Waals surface area contributed by atoms with E-state index in [4.69, 9.17) is 0 Å². The molecule has 108 valence electrons. The van der Waals surface area contributed by atoms with Gasteiger partial charge in [0.25, 0.3) is 0 Å². The van der Waals surface area contributed by atoms with Crippen LogP contribution in [0, 0.1) is 5.92 Å². The molecule has 2 aliphatic heterocycles. The third kappa shape index (κ3) is 1.86. The van der Waals surface area contributed by atoms with E-state index in [0.717, 1.165) is 18.5 Å². The second kappa shape index (κ2) is 4.53. The quantitative estimate of drug-likeness (QED) is 0.816. The normalized spacial score (nSPS) is 25.7. The van der Waals surface area contributed by atoms with Crippen LogP contribution in [0.5, 0.6) is 0 Å². The van der Waals surface area contributed by atoms with Gasteiger partial charge in [0.15, 0.2) is 0 Å². The summed E-state index contributed by atoms with van der Waals surface area (Å²) >= 11 is 0. The number of aromatic amines is 1. The summed E-state index contributed by atoms with van der Waals surface area (Å²) in [6, 6.07) is 8.43. The molecule has 0 radical (unpaired) electrons. The summed E-state index contributed by atoms with van der Waals surface area (Å²) in [5.74, 6) is -0.330. The summed E-state index contributed by atoms with van der Waals surface area (Å²) in [7, 11) is 0. The number of Topliss-reactive ketones (excluding diaryl/α,β-unsaturated/α-hetero) is 2. The van der Waals surface area contributed by atoms with Crippen molar-refractivity contribution in [1.29, 1.82) is 0 Å². The lowest BCUT2D eigenvalue weighted by Crippen LogP contribution is -2.48. The van der Waals surface area contributed by atoms with E-state index >= 15 is 0 Å². The van der Waals surface area contributed by atoms with Crippen molar-refractivity contribution in [1.82, 2.24) is 9.88 Å². The Balaban J connectivity index is 1.76. The predicted octanol–water partition coefficient (Wildman–Crippen LogP) is 2.25. The van der Waals surface area contributed by atoms with Crippen molar-refractivity contribution in [2.75, 3.05) is 13.1 Å². The fraction of sp³-hybridized carbons (Fsp3) is 0.412. The molecular weight excluding hydrogens is 264 g/mol. The molecule has 0 bridgehead atoms. The lowest BCUT2D eigenvalue weighted by atomic mass is 9.84. The monoisotopic (exact) mass is 282 g/mol. The first-order valence-electron chi connectivity index (χ1n) is 7.52. The first-order valence-corrected chi connectivity index (χ1v) is 7.52. The molecule has 1 aromatic carbocycles. The van der Waals surface area contributed by atoms with Crippen LogP contribution < -0.4 is 0 Å². The summed E-state index contributed by atoms with van der Waals surface area (Å²) in [5.41, 5.74) is 3.67. The molecule has 2 aliphatic rings. The Morgan fingerprint density at radius 2 is 2.14 bits per heavy atom. The molecule has 1 saturated heterocycles. The SMILES string of the molecule is CC(=O)C1CN2CCc3c([nH]c4ccccc34)C2CC1=O. The Kier molecular flexibility index (Phi) is 2.76. The maximum atomic E-state index is 12.3. The molecule has 0 aliphatic carbocycles. The molecule has 1 N–H and O–H groups in total. The van der Waals surface area contributed by atoms with E-state index in [0.29, 0.717) is 13.0 Å². The molecule has 1 aromatic heterocycles. The molecule has 2 aromatic rings. The summed E-state index contributed by atoms with van der Waals surface area (Å²) in [6.07, 6.45) is 1.43. The smallest absolute Gasteiger partial charge is 0.146 e. The number of H-pyrrole nitrogens is 1. The zero-order chi connectivity index (χ0) is 14.6. The standard InChI is InChI=1S/C17H18N2O2/c1-10(20)13-9-19-7-6-12-11-4-2-3-5-14(11)18-17(12)15(19)8-16(13)21/h2-5,13,15,18H,6-9H2,1H3. The second-order valence-corrected chi connectivity index (χ2v) is 6.16. The number of nitrogens with zero attached hydrogens (tertiary/aromatic N) is 1. The lowest BCUT2D eigenvalue weighted by Gasteiger charge is -2.41. The first kappa shape index (κ1) is 12.8. The van der Waals surface area contributed by atoms with E-state index in [1.54, 1.807) is 0 Å². The zero-order valence-corrected chi connectivity index (χ0v) is 12.1. The highest BCUT2D eigenvalue weighted by Gasteiger charge is 2.40. The van der Waals surface area contributed by atoms with Crippen molar-refractivity contribution < 1.29 is 9.59 Å². The van der Waals surface area contributed by atoms with E-state index < -0.39 is 5.92 Å². The number of para-hydroxylation sites is 1. The molecule has 4 nitrogen and oxygen atoms in total. The van der Waals surface area contributed by atoms with Crippen molar-refractivity contribution in [3.05, 3.63) is 35.5 Å². The lowest BCUT2D eigenvalue weighted by molar-refractivity contribution is -0.137. The number of hydrogen-bond acceptors (Lipinski definition) is 3. The van der Waals surface area contributed by atoms with Gasteiger partial charge in [0.05, 0.1) is 12.0 Å². The molecule has 1 fully saturated rings. The van der Waals surface area contributed by atoms with Gasteiger partial charge in [-0.25, -0.2) is 0 Å². The summed E-state index contributed by atoms with van der Waals surface area (Å²) in [4.78, 5) is 29.7. The summed E-state index contributed by atoms with van der Waals surface area (Å²) in [6.45, 7) is 3.03. The highest BCUT2D eigenvalue weighted by atomic mass is 16.1. The molecule has 4 rings (SSSR count). The van der Waals surface area contributed by atoms with Crippen molar-refractivity contribution in [3.63, 3.8) is 0 Å². The molecule has 2 atom stereocenters. The number of ketones is 2. The van der Waals surface area contributed by atoms with Gasteiger partial charge in [0, 0.05) is 36.1 Å². The average molecular weight is 282 g/mol. The predicted molar refractivity (Wildman–Crippen MR) is 80.1 cm³/mol. The minimum atomic E-state index is -0.424. The van der Waals surface area contributed by atoms with E-state index in [1.165, 1.54) is 23.6 Å². The highest BCUT2D eigenvalue weighted by molar-refractivity contribution is 6.02. The van der Waals surface area contributed by atoms with Crippen LogP contribution in [0.4, 0.5) is 0 Å². The van der Waals surface area contributed by atoms with Gasteiger partial charge in [0.2, 0.25) is 0 Å². The summed E-state index contributed by atoms with van der Waals surface area (Å²) in [5, 5.41) is 1.27. The number of rotatable bonds is 1. The second-order valence-electron chi connectivity index (χ2n) is 6.16. The van der Waals surface area contributed by atoms with Crippen molar-refractivity contribution >= 4 is 22.5 Å². The number of fused-ring (bicyclic) bond motifs is 5. The van der Waals surface area contributed by atoms with Gasteiger partial charge in [-0.1, -0.05) is 18.2 Å². The maximum Gasteiger partial charge on any atom is 0.146 e. The Morgan fingerprint density at radius 3 is 2.95 bits per heavy atom. The molecule has 0 amide bonds. The third-order valence-corrected chi connectivity index (χ3v) is 4.96. The number of carbonyl (C=O) groups is 2. The van der Waals surface area contributed by atoms with Gasteiger partial charge in [-0.15, -0.1) is 0 Å². The largest absolute Gasteiger partial charge is 0.357 e. The number of carbonyl (C=O) groups excluding carboxylic acids is 2. The van der Waals surface area contributed by atoms with Crippen molar-refractivity contribution in [2.24, 2.45) is 5.92 Å². The fourth-order valence-electron chi connectivity index (χ4n) is 3.84. The summed E-state index contributed by atoms with van der Waals surface area (Å²) < 4.78 is 0. The van der Waals surface area contributed by atoms with Crippen LogP contribution in [0.2, 0.25) is 0 Å². The maximum absolute atomic E-state index is 12.3. The number of aromatic nitrogens is 1. The van der Waals surface area contributed by atoms with E-state index in [-0.39, 0.29) is 17.6 Å². The van der Waals surface area contributed by atoms with Crippen LogP contribution in [0.15, 0.2) is 24.3 Å². The molecule has 0 saturated carbocycles. The van der Waals surface area contributed by atoms with E-state index in [1.807, 2.05) is 6.07 Å². The number of hydrogen-bond donors (Lipinski definition) is 1. The van der Waals surface area contributed by atoms with Crippen LogP contribution in [0.3, 0.4) is 0 Å². The third-order valence-electron chi connectivity index (χ3n) is 4.96. The van der Waals surface area contributed by atoms with Crippen molar-refractivity contribution in [3.8, 4) is 0 Å². The number of piperidine rings is 1. The van der Waals surface area contributed by atoms with Crippen LogP contribution in [0.25, 0.3) is 10.9 Å². The van der Waals surface area contributed by atoms with Crippen LogP contribution in [-0.2, 0) is 16.0 Å². The number of nitrogens with one attached hydrogen (secondary N) is 1. The fourth-order valence-corrected chi connectivity index (χ4v) is 3.84. The molecule has 0 spiro atoms. The van der Waals surface area contributed by atoms with Crippen LogP contribution >= 0.6 is 0 Å². The van der Waals surface area contributed by atoms with E-state index in [2.05, 4.69) is 28.1 Å². The zero-order valence-electron chi connectivity index (χ0n) is 12.1. The number of benzene rings is 1. The average Bonchev–Trinajstić information content (AvgIpc) is 2.85. The highest BCUT2D eigenvalue weighted by Crippen LogP contribution is 2.39. The Labute approximate surface area is 123 Å². The molecule has 3 heterocycles. The van der Waals surface area contributed by atoms with Gasteiger partial charge < -0.3 is 4.98 Å². The molecular formula is C17H18N2O2. The van der Waals surface area contributed by atoms with E-state index in [9.17, 15) is 9.59 Å². The van der Waals surface area contributed by atoms with Crippen molar-refractivity contribution in [2.45, 2.75) is 25.8 Å². The minimum absolute atomic E-state index is 0.000828. The molecule has 21 heavy (non-hydrogen) atoms. The Hall–Kier alpha value is -1.94. The van der Waals surface area contributed by atoms with Gasteiger partial charge in [-0.05, 0) is 25.0 Å². The van der Waals surface area contributed by atoms with Crippen LogP contribution in [0.1, 0.15) is 30.6 Å². The van der Waals surface area contributed by atoms with Gasteiger partial charge in [0.1, 0.15) is 11.6 Å². The minimum Gasteiger partial charge on any atom is -0.357 e. The molecule has 2 unspecified atom stereocenters. The van der Waals surface area contributed by atoms with Gasteiger partial charge in [-0.3, -0.25) is 14.5 Å². The van der Waals surface area contributed by atoms with Gasteiger partial charge in [-0.2, -0.15) is 0 Å². The Morgan fingerprint density at radius 1 is 1.33 bits per heavy atom. The topological polar surface area (TPSA) is 53.2 Å². The van der Waals surface area contributed by atoms with Gasteiger partial charge >= 0.3 is 0 Å².